The minimum absolute atomic E-state index is 0.217. The molecule has 142 valence electrons. The second-order valence-corrected chi connectivity index (χ2v) is 6.96. The first kappa shape index (κ1) is 20.3. The zero-order valence-corrected chi connectivity index (χ0v) is 15.9. The molecule has 1 fully saturated rings. The number of rotatable bonds is 9. The van der Waals surface area contributed by atoms with Crippen molar-refractivity contribution in [2.45, 2.75) is 51.1 Å². The van der Waals surface area contributed by atoms with E-state index in [-0.39, 0.29) is 17.9 Å². The summed E-state index contributed by atoms with van der Waals surface area (Å²) in [5.41, 5.74) is 2.80. The van der Waals surface area contributed by atoms with Gasteiger partial charge in [0.05, 0.1) is 6.04 Å². The molecule has 2 atom stereocenters. The first-order valence-corrected chi connectivity index (χ1v) is 9.26. The minimum atomic E-state index is -0.345. The number of nitrogens with zero attached hydrogens (tertiary/aromatic N) is 1. The summed E-state index contributed by atoms with van der Waals surface area (Å²) < 4.78 is 0. The second kappa shape index (κ2) is 9.59. The van der Waals surface area contributed by atoms with E-state index in [0.717, 1.165) is 31.2 Å². The van der Waals surface area contributed by atoms with Crippen LogP contribution in [0.3, 0.4) is 0 Å². The van der Waals surface area contributed by atoms with Crippen molar-refractivity contribution in [1.82, 2.24) is 15.5 Å². The molecule has 2 N–H and O–H groups in total. The van der Waals surface area contributed by atoms with Crippen molar-refractivity contribution >= 4 is 18.1 Å². The van der Waals surface area contributed by atoms with Gasteiger partial charge in [0.1, 0.15) is 6.29 Å². The number of carbonyl (C=O) groups excluding carboxylic acids is 3. The van der Waals surface area contributed by atoms with Gasteiger partial charge in [-0.3, -0.25) is 24.6 Å². The van der Waals surface area contributed by atoms with E-state index in [4.69, 9.17) is 0 Å². The summed E-state index contributed by atoms with van der Waals surface area (Å²) in [6.45, 7) is 3.61. The number of piperidine rings is 1. The third-order valence-electron chi connectivity index (χ3n) is 5.16. The van der Waals surface area contributed by atoms with Gasteiger partial charge in [-0.15, -0.1) is 0 Å². The minimum Gasteiger partial charge on any atom is -0.320 e. The molecule has 1 saturated heterocycles. The molecule has 1 aliphatic rings. The van der Waals surface area contributed by atoms with Gasteiger partial charge in [0.25, 0.3) is 0 Å². The normalized spacial score (nSPS) is 18.7. The topological polar surface area (TPSA) is 78.5 Å². The third-order valence-corrected chi connectivity index (χ3v) is 5.16. The van der Waals surface area contributed by atoms with Crippen LogP contribution < -0.4 is 10.6 Å². The number of nitrogens with one attached hydrogen (secondary N) is 2. The fourth-order valence-corrected chi connectivity index (χ4v) is 3.54. The maximum Gasteiger partial charge on any atom is 0.243 e. The van der Waals surface area contributed by atoms with Crippen LogP contribution in [-0.4, -0.2) is 49.7 Å². The molecule has 0 radical (unpaired) electrons. The number of hydrogen-bond acceptors (Lipinski definition) is 5. The maximum absolute atomic E-state index is 12.1. The van der Waals surface area contributed by atoms with E-state index in [9.17, 15) is 14.4 Å². The van der Waals surface area contributed by atoms with Crippen molar-refractivity contribution in [2.75, 3.05) is 20.6 Å². The smallest absolute Gasteiger partial charge is 0.243 e. The fourth-order valence-electron chi connectivity index (χ4n) is 3.54. The Morgan fingerprint density at radius 3 is 2.77 bits per heavy atom. The van der Waals surface area contributed by atoms with Crippen LogP contribution in [0.2, 0.25) is 0 Å². The van der Waals surface area contributed by atoms with E-state index in [1.165, 1.54) is 5.56 Å². The largest absolute Gasteiger partial charge is 0.320 e. The Kier molecular flexibility index (Phi) is 7.48. The summed E-state index contributed by atoms with van der Waals surface area (Å²) in [7, 11) is 3.81. The molecule has 0 saturated carbocycles. The van der Waals surface area contributed by atoms with Gasteiger partial charge in [-0.2, -0.15) is 0 Å². The van der Waals surface area contributed by atoms with E-state index < -0.39 is 0 Å². The Bertz CT molecular complexity index is 660. The van der Waals surface area contributed by atoms with Crippen LogP contribution >= 0.6 is 0 Å². The van der Waals surface area contributed by atoms with Gasteiger partial charge >= 0.3 is 0 Å². The van der Waals surface area contributed by atoms with E-state index in [1.807, 2.05) is 31.1 Å². The van der Waals surface area contributed by atoms with Crippen molar-refractivity contribution in [1.29, 1.82) is 0 Å². The molecule has 0 bridgehead atoms. The van der Waals surface area contributed by atoms with Crippen LogP contribution in [0.15, 0.2) is 18.2 Å². The molecule has 26 heavy (non-hydrogen) atoms. The van der Waals surface area contributed by atoms with Gasteiger partial charge in [-0.25, -0.2) is 0 Å². The number of aldehydes is 1. The van der Waals surface area contributed by atoms with Crippen LogP contribution in [-0.2, 0) is 16.1 Å². The summed E-state index contributed by atoms with van der Waals surface area (Å²) in [6, 6.07) is 5.65. The number of carbonyl (C=O) groups is 3. The molecule has 1 aromatic carbocycles. The van der Waals surface area contributed by atoms with Gasteiger partial charge in [-0.1, -0.05) is 25.1 Å². The van der Waals surface area contributed by atoms with Crippen molar-refractivity contribution in [3.63, 3.8) is 0 Å². The van der Waals surface area contributed by atoms with E-state index >= 15 is 0 Å². The van der Waals surface area contributed by atoms with Crippen LogP contribution in [0.4, 0.5) is 0 Å². The summed E-state index contributed by atoms with van der Waals surface area (Å²) >= 11 is 0. The molecule has 1 aromatic rings. The van der Waals surface area contributed by atoms with Crippen molar-refractivity contribution < 1.29 is 14.4 Å². The SMILES string of the molecule is CCC(CCNC)c1ccc(C=O)c(CN(C)C2CCC(=O)NC2=O)c1. The molecular weight excluding hydrogens is 330 g/mol. The van der Waals surface area contributed by atoms with Gasteiger partial charge in [0.2, 0.25) is 11.8 Å². The molecule has 1 aliphatic heterocycles. The van der Waals surface area contributed by atoms with Crippen molar-refractivity contribution in [3.05, 3.63) is 34.9 Å². The standard InChI is InChI=1S/C20H29N3O3/c1-4-14(9-10-21-2)15-5-6-16(13-24)17(11-15)12-23(3)18-7-8-19(25)22-20(18)26/h5-6,11,13-14,18,21H,4,7-10,12H2,1-3H3,(H,22,25,26). The molecule has 0 spiro atoms. The lowest BCUT2D eigenvalue weighted by atomic mass is 9.90. The number of benzene rings is 1. The average molecular weight is 359 g/mol. The molecule has 0 aliphatic carbocycles. The highest BCUT2D eigenvalue weighted by molar-refractivity contribution is 6.00. The monoisotopic (exact) mass is 359 g/mol. The fraction of sp³-hybridized carbons (Fsp3) is 0.550. The summed E-state index contributed by atoms with van der Waals surface area (Å²) in [6.07, 6.45) is 3.80. The predicted octanol–water partition coefficient (Wildman–Crippen LogP) is 1.84. The second-order valence-electron chi connectivity index (χ2n) is 6.96. The Morgan fingerprint density at radius 2 is 2.15 bits per heavy atom. The molecular formula is C20H29N3O3. The Hall–Kier alpha value is -2.05. The van der Waals surface area contributed by atoms with Crippen LogP contribution in [0.1, 0.15) is 60.0 Å². The molecule has 2 amide bonds. The zero-order valence-electron chi connectivity index (χ0n) is 15.9. The summed E-state index contributed by atoms with van der Waals surface area (Å²) in [4.78, 5) is 36.8. The molecule has 1 heterocycles. The highest BCUT2D eigenvalue weighted by Crippen LogP contribution is 2.26. The first-order chi connectivity index (χ1) is 12.5. The highest BCUT2D eigenvalue weighted by Gasteiger charge is 2.30. The predicted molar refractivity (Wildman–Crippen MR) is 101 cm³/mol. The van der Waals surface area contributed by atoms with Gasteiger partial charge in [-0.05, 0) is 56.9 Å². The Morgan fingerprint density at radius 1 is 1.38 bits per heavy atom. The Labute approximate surface area is 155 Å². The molecule has 6 nitrogen and oxygen atoms in total. The maximum atomic E-state index is 12.1. The number of amides is 2. The lowest BCUT2D eigenvalue weighted by Crippen LogP contribution is -2.51. The van der Waals surface area contributed by atoms with E-state index in [1.54, 1.807) is 0 Å². The molecule has 2 rings (SSSR count). The van der Waals surface area contributed by atoms with Gasteiger partial charge in [0.15, 0.2) is 0 Å². The van der Waals surface area contributed by atoms with Crippen LogP contribution in [0, 0.1) is 0 Å². The summed E-state index contributed by atoms with van der Waals surface area (Å²) in [5, 5.41) is 5.58. The summed E-state index contributed by atoms with van der Waals surface area (Å²) in [5.74, 6) is -0.0404. The number of hydrogen-bond donors (Lipinski definition) is 2. The van der Waals surface area contributed by atoms with Gasteiger partial charge < -0.3 is 5.32 Å². The zero-order chi connectivity index (χ0) is 19.1. The van der Waals surface area contributed by atoms with E-state index in [0.29, 0.717) is 30.9 Å². The number of likely N-dealkylation sites (N-methyl/N-ethyl adjacent to an activating group) is 1. The number of imide groups is 1. The van der Waals surface area contributed by atoms with Crippen molar-refractivity contribution in [2.24, 2.45) is 0 Å². The Balaban J connectivity index is 2.18. The molecule has 6 heteroatoms. The third kappa shape index (κ3) is 4.99. The van der Waals surface area contributed by atoms with Crippen LogP contribution in [0.25, 0.3) is 0 Å². The van der Waals surface area contributed by atoms with Crippen LogP contribution in [0.5, 0.6) is 0 Å². The first-order valence-electron chi connectivity index (χ1n) is 9.26. The van der Waals surface area contributed by atoms with Gasteiger partial charge in [0, 0.05) is 18.5 Å². The quantitative estimate of drug-likeness (QED) is 0.520. The average Bonchev–Trinajstić information content (AvgIpc) is 2.62. The molecule has 0 aromatic heterocycles. The lowest BCUT2D eigenvalue weighted by Gasteiger charge is -2.30. The lowest BCUT2D eigenvalue weighted by molar-refractivity contribution is -0.137. The van der Waals surface area contributed by atoms with Crippen molar-refractivity contribution in [3.8, 4) is 0 Å². The highest BCUT2D eigenvalue weighted by atomic mass is 16.2. The van der Waals surface area contributed by atoms with E-state index in [2.05, 4.69) is 23.6 Å². The molecule has 2 unspecified atom stereocenters.